The summed E-state index contributed by atoms with van der Waals surface area (Å²) in [4.78, 5) is 35.3. The van der Waals surface area contributed by atoms with Crippen LogP contribution >= 0.6 is 7.82 Å². The molecule has 10 heteroatoms. The Morgan fingerprint density at radius 1 is 0.571 bits per heavy atom. The van der Waals surface area contributed by atoms with Crippen molar-refractivity contribution in [2.24, 2.45) is 0 Å². The molecule has 1 N–H and O–H groups in total. The van der Waals surface area contributed by atoms with Crippen LogP contribution in [-0.2, 0) is 32.7 Å². The Labute approximate surface area is 341 Å². The molecule has 9 nitrogen and oxygen atoms in total. The summed E-state index contributed by atoms with van der Waals surface area (Å²) in [6.07, 6.45) is 47.9. The van der Waals surface area contributed by atoms with Crippen LogP contribution in [0.3, 0.4) is 0 Å². The quantitative estimate of drug-likeness (QED) is 0.0217. The second kappa shape index (κ2) is 37.7. The molecule has 0 spiro atoms. The molecule has 2 atom stereocenters. The van der Waals surface area contributed by atoms with Crippen molar-refractivity contribution in [3.63, 3.8) is 0 Å². The first kappa shape index (κ1) is 53.2. The maximum atomic E-state index is 12.6. The van der Waals surface area contributed by atoms with Crippen molar-refractivity contribution in [2.75, 3.05) is 47.5 Å². The molecule has 1 unspecified atom stereocenters. The van der Waals surface area contributed by atoms with E-state index in [0.717, 1.165) is 70.6 Å². The number of likely N-dealkylation sites (N-methyl/N-ethyl adjacent to an activating group) is 1. The molecule has 0 aliphatic carbocycles. The lowest BCUT2D eigenvalue weighted by Crippen LogP contribution is -2.37. The number of unbranched alkanes of at least 4 members (excludes halogenated alkanes) is 9. The number of hydrogen-bond acceptors (Lipinski definition) is 7. The van der Waals surface area contributed by atoms with Gasteiger partial charge < -0.3 is 18.9 Å². The van der Waals surface area contributed by atoms with Gasteiger partial charge >= 0.3 is 19.8 Å². The van der Waals surface area contributed by atoms with Crippen molar-refractivity contribution in [1.82, 2.24) is 0 Å². The second-order valence-electron chi connectivity index (χ2n) is 15.0. The number of hydrogen-bond donors (Lipinski definition) is 1. The van der Waals surface area contributed by atoms with Crippen molar-refractivity contribution in [3.05, 3.63) is 85.1 Å². The van der Waals surface area contributed by atoms with E-state index in [1.54, 1.807) is 0 Å². The molecule has 0 aromatic heterocycles. The highest BCUT2D eigenvalue weighted by Crippen LogP contribution is 2.43. The van der Waals surface area contributed by atoms with E-state index >= 15 is 0 Å². The van der Waals surface area contributed by atoms with E-state index < -0.39 is 32.5 Å². The molecule has 320 valence electrons. The SMILES string of the molecule is CC/C=C/C/C=C/C/C=C/C/C=C/C/C=C/C/C=C/CCC(=O)O[C@H](COC(=O)CCCCCCC/C=C/CCCCCC)COP(=O)(O)OCC[N+](C)(C)C. The Balaban J connectivity index is 4.55. The van der Waals surface area contributed by atoms with Crippen LogP contribution in [0, 0.1) is 0 Å². The molecule has 0 aliphatic rings. The van der Waals surface area contributed by atoms with Crippen LogP contribution < -0.4 is 0 Å². The van der Waals surface area contributed by atoms with E-state index in [1.807, 2.05) is 33.3 Å². The number of allylic oxidation sites excluding steroid dienone is 14. The Morgan fingerprint density at radius 3 is 1.59 bits per heavy atom. The molecule has 56 heavy (non-hydrogen) atoms. The molecule has 0 fully saturated rings. The molecule has 0 radical (unpaired) electrons. The number of rotatable bonds is 37. The Kier molecular flexibility index (Phi) is 35.9. The third kappa shape index (κ3) is 40.8. The first-order valence-electron chi connectivity index (χ1n) is 21.3. The molecule has 0 saturated carbocycles. The molecule has 0 aromatic carbocycles. The zero-order chi connectivity index (χ0) is 41.4. The lowest BCUT2D eigenvalue weighted by molar-refractivity contribution is -0.870. The van der Waals surface area contributed by atoms with Crippen molar-refractivity contribution in [2.45, 2.75) is 148 Å². The van der Waals surface area contributed by atoms with E-state index in [-0.39, 0.29) is 26.1 Å². The average Bonchev–Trinajstić information content (AvgIpc) is 3.15. The summed E-state index contributed by atoms with van der Waals surface area (Å²) in [7, 11) is 1.41. The molecule has 0 aliphatic heterocycles. The van der Waals surface area contributed by atoms with Gasteiger partial charge in [-0.3, -0.25) is 18.6 Å². The average molecular weight is 805 g/mol. The molecular formula is C46H79NO8P+. The number of esters is 2. The minimum absolute atomic E-state index is 0.0124. The molecule has 0 saturated heterocycles. The minimum Gasteiger partial charge on any atom is -0.462 e. The second-order valence-corrected chi connectivity index (χ2v) is 16.4. The predicted molar refractivity (Wildman–Crippen MR) is 233 cm³/mol. The fourth-order valence-electron chi connectivity index (χ4n) is 5.09. The monoisotopic (exact) mass is 805 g/mol. The number of carbonyl (C=O) groups is 2. The van der Waals surface area contributed by atoms with E-state index in [2.05, 4.69) is 86.8 Å². The maximum Gasteiger partial charge on any atom is 0.472 e. The molecule has 0 rings (SSSR count). The summed E-state index contributed by atoms with van der Waals surface area (Å²) < 4.78 is 34.1. The van der Waals surface area contributed by atoms with Gasteiger partial charge in [-0.25, -0.2) is 4.57 Å². The largest absolute Gasteiger partial charge is 0.472 e. The first-order chi connectivity index (χ1) is 27.0. The molecular weight excluding hydrogens is 725 g/mol. The van der Waals surface area contributed by atoms with Gasteiger partial charge in [-0.1, -0.05) is 137 Å². The first-order valence-corrected chi connectivity index (χ1v) is 22.8. The molecule has 0 bridgehead atoms. The smallest absolute Gasteiger partial charge is 0.462 e. The number of ether oxygens (including phenoxy) is 2. The summed E-state index contributed by atoms with van der Waals surface area (Å²) in [5.74, 6) is -0.916. The van der Waals surface area contributed by atoms with Gasteiger partial charge in [0.1, 0.15) is 19.8 Å². The van der Waals surface area contributed by atoms with Gasteiger partial charge in [0, 0.05) is 12.8 Å². The zero-order valence-corrected chi connectivity index (χ0v) is 36.7. The number of quaternary nitrogens is 1. The molecule has 0 heterocycles. The van der Waals surface area contributed by atoms with Crippen LogP contribution in [-0.4, -0.2) is 74.9 Å². The van der Waals surface area contributed by atoms with Gasteiger partial charge in [0.05, 0.1) is 27.7 Å². The van der Waals surface area contributed by atoms with E-state index in [0.29, 0.717) is 23.9 Å². The van der Waals surface area contributed by atoms with Crippen molar-refractivity contribution < 1.29 is 42.1 Å². The van der Waals surface area contributed by atoms with Crippen molar-refractivity contribution in [1.29, 1.82) is 0 Å². The minimum atomic E-state index is -4.40. The lowest BCUT2D eigenvalue weighted by Gasteiger charge is -2.24. The van der Waals surface area contributed by atoms with Gasteiger partial charge in [-0.15, -0.1) is 0 Å². The Hall–Kier alpha value is -2.81. The normalized spacial score (nSPS) is 14.5. The van der Waals surface area contributed by atoms with Crippen LogP contribution in [0.4, 0.5) is 0 Å². The fourth-order valence-corrected chi connectivity index (χ4v) is 5.83. The van der Waals surface area contributed by atoms with Gasteiger partial charge in [0.15, 0.2) is 6.10 Å². The summed E-state index contributed by atoms with van der Waals surface area (Å²) in [6, 6.07) is 0. The third-order valence-corrected chi connectivity index (χ3v) is 9.41. The van der Waals surface area contributed by atoms with E-state index in [4.69, 9.17) is 18.5 Å². The number of phosphoric ester groups is 1. The topological polar surface area (TPSA) is 108 Å². The van der Waals surface area contributed by atoms with Crippen LogP contribution in [0.2, 0.25) is 0 Å². The predicted octanol–water partition coefficient (Wildman–Crippen LogP) is 12.0. The molecule has 0 amide bonds. The van der Waals surface area contributed by atoms with E-state index in [1.165, 1.54) is 32.1 Å². The van der Waals surface area contributed by atoms with E-state index in [9.17, 15) is 19.0 Å². The van der Waals surface area contributed by atoms with Crippen molar-refractivity contribution >= 4 is 19.8 Å². The van der Waals surface area contributed by atoms with Crippen LogP contribution in [0.25, 0.3) is 0 Å². The highest BCUT2D eigenvalue weighted by Gasteiger charge is 2.27. The summed E-state index contributed by atoms with van der Waals surface area (Å²) in [5.41, 5.74) is 0. The third-order valence-electron chi connectivity index (χ3n) is 8.42. The number of carbonyl (C=O) groups excluding carboxylic acids is 2. The van der Waals surface area contributed by atoms with Gasteiger partial charge in [-0.05, 0) is 77.0 Å². The number of phosphoric acid groups is 1. The summed E-state index contributed by atoms with van der Waals surface area (Å²) >= 11 is 0. The maximum absolute atomic E-state index is 12.6. The number of nitrogens with zero attached hydrogens (tertiary/aromatic N) is 1. The fraction of sp³-hybridized carbons (Fsp3) is 0.652. The summed E-state index contributed by atoms with van der Waals surface area (Å²) in [6.45, 7) is 4.17. The Morgan fingerprint density at radius 2 is 1.05 bits per heavy atom. The van der Waals surface area contributed by atoms with Gasteiger partial charge in [-0.2, -0.15) is 0 Å². The standard InChI is InChI=1S/C46H78NO8P/c1-6-8-10-12-14-16-18-20-21-22-23-24-25-27-29-31-33-35-37-39-46(49)55-44(43-54-56(50,51)53-41-40-47(3,4)5)42-52-45(48)38-36-34-32-30-28-26-19-17-15-13-11-9-7-2/h8,10,14,16-17,19-21,23-24,27,29,33,35,44H,6-7,9,11-13,15,18,22,25-26,28,30-32,34,36-43H2,1-5H3/p+1/b10-8+,16-14+,19-17+,21-20+,24-23+,29-27+,35-33+/t44-/m1/s1. The highest BCUT2D eigenvalue weighted by molar-refractivity contribution is 7.47. The van der Waals surface area contributed by atoms with Gasteiger partial charge in [0.25, 0.3) is 0 Å². The molecule has 0 aromatic rings. The Bertz CT molecular complexity index is 1230. The van der Waals surface area contributed by atoms with Gasteiger partial charge in [0.2, 0.25) is 0 Å². The van der Waals surface area contributed by atoms with Crippen LogP contribution in [0.5, 0.6) is 0 Å². The highest BCUT2D eigenvalue weighted by atomic mass is 31.2. The summed E-state index contributed by atoms with van der Waals surface area (Å²) in [5, 5.41) is 0. The lowest BCUT2D eigenvalue weighted by atomic mass is 10.1. The van der Waals surface area contributed by atoms with Crippen LogP contribution in [0.15, 0.2) is 85.1 Å². The van der Waals surface area contributed by atoms with Crippen molar-refractivity contribution in [3.8, 4) is 0 Å². The zero-order valence-electron chi connectivity index (χ0n) is 35.8. The van der Waals surface area contributed by atoms with Crippen LogP contribution in [0.1, 0.15) is 142 Å².